The van der Waals surface area contributed by atoms with Crippen LogP contribution in [-0.2, 0) is 7.05 Å². The van der Waals surface area contributed by atoms with Gasteiger partial charge in [0.15, 0.2) is 29.4 Å². The molecular weight excluding hydrogens is 296 g/mol. The number of hydrogen-bond donors (Lipinski definition) is 1. The number of azo groups is 1. The number of nitrogens with zero attached hydrogens (tertiary/aromatic N) is 7. The van der Waals surface area contributed by atoms with E-state index in [4.69, 9.17) is 5.73 Å². The first-order chi connectivity index (χ1) is 11.1. The van der Waals surface area contributed by atoms with Crippen LogP contribution in [0.15, 0.2) is 40.8 Å². The summed E-state index contributed by atoms with van der Waals surface area (Å²) < 4.78 is 2.95. The molecule has 3 aromatic heterocycles. The maximum Gasteiger partial charge on any atom is 0.183 e. The molecule has 9 nitrogen and oxygen atoms in total. The molecular formula is C14H14N8O. The Labute approximate surface area is 131 Å². The normalized spacial score (nSPS) is 11.2. The number of carbonyl (C=O) groups is 1. The van der Waals surface area contributed by atoms with Gasteiger partial charge in [0.05, 0.1) is 17.5 Å². The van der Waals surface area contributed by atoms with E-state index in [1.807, 2.05) is 6.07 Å². The van der Waals surface area contributed by atoms with Crippen molar-refractivity contribution in [1.29, 1.82) is 0 Å². The zero-order valence-electron chi connectivity index (χ0n) is 12.6. The fraction of sp³-hybridized carbons (Fsp3) is 0.143. The number of aldehydes is 1. The lowest BCUT2D eigenvalue weighted by atomic mass is 10.4. The highest BCUT2D eigenvalue weighted by atomic mass is 16.1. The van der Waals surface area contributed by atoms with E-state index >= 15 is 0 Å². The SMILES string of the molecule is Cc1nn(-c2ccccn2)c(N)c1N=Nc1c(C=O)cnn1C. The van der Waals surface area contributed by atoms with Gasteiger partial charge in [0, 0.05) is 13.2 Å². The van der Waals surface area contributed by atoms with Crippen LogP contribution in [0.4, 0.5) is 17.3 Å². The summed E-state index contributed by atoms with van der Waals surface area (Å²) in [5, 5.41) is 16.5. The minimum absolute atomic E-state index is 0.319. The molecule has 2 N–H and O–H groups in total. The molecule has 0 bridgehead atoms. The molecule has 3 aromatic rings. The molecule has 0 saturated carbocycles. The highest BCUT2D eigenvalue weighted by molar-refractivity contribution is 5.81. The average Bonchev–Trinajstić information content (AvgIpc) is 3.06. The highest BCUT2D eigenvalue weighted by Gasteiger charge is 2.15. The number of aromatic nitrogens is 5. The van der Waals surface area contributed by atoms with Crippen LogP contribution in [0, 0.1) is 6.92 Å². The minimum atomic E-state index is 0.319. The Hall–Kier alpha value is -3.36. The summed E-state index contributed by atoms with van der Waals surface area (Å²) in [6, 6.07) is 5.43. The lowest BCUT2D eigenvalue weighted by Crippen LogP contribution is -2.03. The van der Waals surface area contributed by atoms with Crippen molar-refractivity contribution in [1.82, 2.24) is 24.5 Å². The molecule has 0 aliphatic heterocycles. The molecule has 0 atom stereocenters. The fourth-order valence-electron chi connectivity index (χ4n) is 2.07. The van der Waals surface area contributed by atoms with Crippen molar-refractivity contribution >= 4 is 23.6 Å². The second kappa shape index (κ2) is 5.79. The zero-order chi connectivity index (χ0) is 16.4. The van der Waals surface area contributed by atoms with Crippen LogP contribution in [0.1, 0.15) is 16.1 Å². The predicted octanol–water partition coefficient (Wildman–Crippen LogP) is 2.12. The lowest BCUT2D eigenvalue weighted by molar-refractivity contribution is 0.112. The molecule has 3 rings (SSSR count). The fourth-order valence-corrected chi connectivity index (χ4v) is 2.07. The van der Waals surface area contributed by atoms with Gasteiger partial charge >= 0.3 is 0 Å². The maximum absolute atomic E-state index is 11.0. The third kappa shape index (κ3) is 2.59. The van der Waals surface area contributed by atoms with Crippen molar-refractivity contribution in [2.24, 2.45) is 17.3 Å². The van der Waals surface area contributed by atoms with Gasteiger partial charge in [0.25, 0.3) is 0 Å². The average molecular weight is 310 g/mol. The molecule has 0 amide bonds. The molecule has 3 heterocycles. The Morgan fingerprint density at radius 3 is 2.83 bits per heavy atom. The summed E-state index contributed by atoms with van der Waals surface area (Å²) in [6.45, 7) is 1.77. The van der Waals surface area contributed by atoms with Crippen molar-refractivity contribution in [2.45, 2.75) is 6.92 Å². The highest BCUT2D eigenvalue weighted by Crippen LogP contribution is 2.30. The summed E-state index contributed by atoms with van der Waals surface area (Å²) in [5.41, 5.74) is 7.48. The van der Waals surface area contributed by atoms with Crippen LogP contribution < -0.4 is 5.73 Å². The van der Waals surface area contributed by atoms with Gasteiger partial charge in [-0.15, -0.1) is 10.2 Å². The quantitative estimate of drug-likeness (QED) is 0.585. The predicted molar refractivity (Wildman–Crippen MR) is 83.3 cm³/mol. The molecule has 0 spiro atoms. The maximum atomic E-state index is 11.0. The molecule has 23 heavy (non-hydrogen) atoms. The Kier molecular flexibility index (Phi) is 3.67. The Morgan fingerprint density at radius 1 is 1.30 bits per heavy atom. The first-order valence-electron chi connectivity index (χ1n) is 6.77. The van der Waals surface area contributed by atoms with Crippen LogP contribution in [0.25, 0.3) is 5.82 Å². The van der Waals surface area contributed by atoms with Gasteiger partial charge in [0.2, 0.25) is 0 Å². The Morgan fingerprint density at radius 2 is 2.13 bits per heavy atom. The third-order valence-electron chi connectivity index (χ3n) is 3.24. The molecule has 0 aliphatic rings. The van der Waals surface area contributed by atoms with E-state index < -0.39 is 0 Å². The number of carbonyl (C=O) groups excluding carboxylic acids is 1. The van der Waals surface area contributed by atoms with Crippen molar-refractivity contribution in [3.05, 3.63) is 41.9 Å². The van der Waals surface area contributed by atoms with Gasteiger partial charge in [-0.3, -0.25) is 4.79 Å². The van der Waals surface area contributed by atoms with Crippen molar-refractivity contribution < 1.29 is 4.79 Å². The second-order valence-corrected chi connectivity index (χ2v) is 4.78. The summed E-state index contributed by atoms with van der Waals surface area (Å²) in [4.78, 5) is 15.2. The first-order valence-corrected chi connectivity index (χ1v) is 6.77. The summed E-state index contributed by atoms with van der Waals surface area (Å²) in [7, 11) is 1.68. The minimum Gasteiger partial charge on any atom is -0.382 e. The van der Waals surface area contributed by atoms with Crippen LogP contribution in [0.2, 0.25) is 0 Å². The van der Waals surface area contributed by atoms with E-state index in [-0.39, 0.29) is 0 Å². The van der Waals surface area contributed by atoms with E-state index in [9.17, 15) is 4.79 Å². The molecule has 0 radical (unpaired) electrons. The number of rotatable bonds is 4. The van der Waals surface area contributed by atoms with Gasteiger partial charge in [-0.1, -0.05) is 6.07 Å². The number of pyridine rings is 1. The molecule has 0 aliphatic carbocycles. The van der Waals surface area contributed by atoms with Gasteiger partial charge in [0.1, 0.15) is 0 Å². The molecule has 0 aromatic carbocycles. The zero-order valence-corrected chi connectivity index (χ0v) is 12.6. The number of anilines is 1. The van der Waals surface area contributed by atoms with Crippen LogP contribution in [0.5, 0.6) is 0 Å². The van der Waals surface area contributed by atoms with Crippen LogP contribution in [0.3, 0.4) is 0 Å². The van der Waals surface area contributed by atoms with Gasteiger partial charge in [-0.05, 0) is 19.1 Å². The largest absolute Gasteiger partial charge is 0.382 e. The van der Waals surface area contributed by atoms with E-state index in [1.165, 1.54) is 15.6 Å². The number of nitrogen functional groups attached to an aromatic ring is 1. The molecule has 9 heteroatoms. The van der Waals surface area contributed by atoms with Crippen molar-refractivity contribution in [2.75, 3.05) is 5.73 Å². The second-order valence-electron chi connectivity index (χ2n) is 4.78. The first kappa shape index (κ1) is 14.6. The Balaban J connectivity index is 2.01. The van der Waals surface area contributed by atoms with Crippen LogP contribution in [-0.4, -0.2) is 30.8 Å². The third-order valence-corrected chi connectivity index (χ3v) is 3.24. The van der Waals surface area contributed by atoms with Gasteiger partial charge in [-0.25, -0.2) is 9.67 Å². The number of nitrogens with two attached hydrogens (primary N) is 1. The standard InChI is InChI=1S/C14H14N8O/c1-9-12(18-19-14-10(8-23)7-17-21(14)2)13(15)22(20-9)11-5-3-4-6-16-11/h3-8H,15H2,1-2H3. The monoisotopic (exact) mass is 310 g/mol. The molecule has 0 saturated heterocycles. The van der Waals surface area contributed by atoms with Gasteiger partial charge in [-0.2, -0.15) is 14.9 Å². The van der Waals surface area contributed by atoms with E-state index in [1.54, 1.807) is 32.3 Å². The van der Waals surface area contributed by atoms with E-state index in [0.29, 0.717) is 40.7 Å². The van der Waals surface area contributed by atoms with Crippen molar-refractivity contribution in [3.8, 4) is 5.82 Å². The smallest absolute Gasteiger partial charge is 0.183 e. The van der Waals surface area contributed by atoms with Crippen molar-refractivity contribution in [3.63, 3.8) is 0 Å². The molecule has 116 valence electrons. The Bertz CT molecular complexity index is 878. The number of hydrogen-bond acceptors (Lipinski definition) is 7. The summed E-state index contributed by atoms with van der Waals surface area (Å²) in [6.07, 6.45) is 3.75. The van der Waals surface area contributed by atoms with Crippen LogP contribution >= 0.6 is 0 Å². The van der Waals surface area contributed by atoms with E-state index in [0.717, 1.165) is 0 Å². The van der Waals surface area contributed by atoms with E-state index in [2.05, 4.69) is 25.4 Å². The summed E-state index contributed by atoms with van der Waals surface area (Å²) >= 11 is 0. The number of aryl methyl sites for hydroxylation is 2. The molecule has 0 unspecified atom stereocenters. The summed E-state index contributed by atoms with van der Waals surface area (Å²) in [5.74, 6) is 1.26. The lowest BCUT2D eigenvalue weighted by Gasteiger charge is -2.01. The topological polar surface area (TPSA) is 116 Å². The molecule has 0 fully saturated rings. The van der Waals surface area contributed by atoms with Gasteiger partial charge < -0.3 is 5.73 Å².